The van der Waals surface area contributed by atoms with Gasteiger partial charge in [-0.15, -0.1) is 0 Å². The predicted molar refractivity (Wildman–Crippen MR) is 41.2 cm³/mol. The first-order valence-corrected chi connectivity index (χ1v) is 3.52. The summed E-state index contributed by atoms with van der Waals surface area (Å²) in [4.78, 5) is 4.03. The van der Waals surface area contributed by atoms with Crippen molar-refractivity contribution in [2.24, 2.45) is 5.10 Å². The van der Waals surface area contributed by atoms with Crippen molar-refractivity contribution in [3.8, 4) is 0 Å². The molecule has 0 radical (unpaired) electrons. The van der Waals surface area contributed by atoms with E-state index in [9.17, 15) is 0 Å². The molecule has 0 aromatic carbocycles. The number of rotatable bonds is 0. The Labute approximate surface area is 60.4 Å². The van der Waals surface area contributed by atoms with Crippen LogP contribution in [-0.2, 0) is 6.42 Å². The highest BCUT2D eigenvalue weighted by atomic mass is 15.4. The third kappa shape index (κ3) is 1.07. The number of nitrogens with zero attached hydrogens (tertiary/aromatic N) is 3. The lowest BCUT2D eigenvalue weighted by Gasteiger charge is -1.83. The number of imidazole rings is 1. The summed E-state index contributed by atoms with van der Waals surface area (Å²) in [6, 6.07) is 0. The van der Waals surface area contributed by atoms with E-state index in [0.717, 1.165) is 12.2 Å². The van der Waals surface area contributed by atoms with Gasteiger partial charge in [0, 0.05) is 25.0 Å². The maximum absolute atomic E-state index is 4.03. The molecule has 0 saturated heterocycles. The summed E-state index contributed by atoms with van der Waals surface area (Å²) in [5.41, 5.74) is 0. The van der Waals surface area contributed by atoms with Crippen LogP contribution >= 0.6 is 0 Å². The molecule has 3 heteroatoms. The standard InChI is InChI=1S/C5H5N3.C2H6/c1-2-7-8-4-3-6-5(1)8;1-2/h2-4H,1H2;1-2H3. The third-order valence-electron chi connectivity index (χ3n) is 1.18. The lowest BCUT2D eigenvalue weighted by molar-refractivity contribution is 0.860. The minimum atomic E-state index is 0.882. The molecule has 3 nitrogen and oxygen atoms in total. The summed E-state index contributed by atoms with van der Waals surface area (Å²) in [6.07, 6.45) is 6.33. The van der Waals surface area contributed by atoms with Crippen LogP contribution in [0.5, 0.6) is 0 Å². The van der Waals surface area contributed by atoms with Gasteiger partial charge in [0.2, 0.25) is 0 Å². The van der Waals surface area contributed by atoms with Gasteiger partial charge in [0.05, 0.1) is 0 Å². The Hall–Kier alpha value is -1.12. The molecule has 0 amide bonds. The van der Waals surface area contributed by atoms with Gasteiger partial charge in [-0.2, -0.15) is 5.10 Å². The topological polar surface area (TPSA) is 30.2 Å². The van der Waals surface area contributed by atoms with Gasteiger partial charge in [-0.25, -0.2) is 9.66 Å². The van der Waals surface area contributed by atoms with E-state index in [1.54, 1.807) is 10.9 Å². The zero-order valence-electron chi connectivity index (χ0n) is 6.28. The second kappa shape index (κ2) is 3.15. The van der Waals surface area contributed by atoms with Gasteiger partial charge in [0.25, 0.3) is 0 Å². The smallest absolute Gasteiger partial charge is 0.135 e. The van der Waals surface area contributed by atoms with Crippen molar-refractivity contribution in [3.63, 3.8) is 0 Å². The molecule has 2 heterocycles. The summed E-state index contributed by atoms with van der Waals surface area (Å²) in [5.74, 6) is 1.03. The van der Waals surface area contributed by atoms with E-state index in [4.69, 9.17) is 0 Å². The van der Waals surface area contributed by atoms with Crippen molar-refractivity contribution in [3.05, 3.63) is 18.2 Å². The normalized spacial score (nSPS) is 12.2. The molecule has 0 unspecified atom stereocenters. The highest BCUT2D eigenvalue weighted by molar-refractivity contribution is 5.62. The van der Waals surface area contributed by atoms with Crippen molar-refractivity contribution < 1.29 is 0 Å². The minimum absolute atomic E-state index is 0.882. The molecule has 1 aromatic rings. The number of hydrogen-bond donors (Lipinski definition) is 0. The van der Waals surface area contributed by atoms with E-state index in [-0.39, 0.29) is 0 Å². The summed E-state index contributed by atoms with van der Waals surface area (Å²) in [6.45, 7) is 4.00. The summed E-state index contributed by atoms with van der Waals surface area (Å²) in [5, 5.41) is 3.99. The van der Waals surface area contributed by atoms with Crippen molar-refractivity contribution in [1.82, 2.24) is 9.66 Å². The van der Waals surface area contributed by atoms with Crippen LogP contribution < -0.4 is 0 Å². The van der Waals surface area contributed by atoms with E-state index >= 15 is 0 Å². The zero-order valence-corrected chi connectivity index (χ0v) is 6.28. The van der Waals surface area contributed by atoms with Gasteiger partial charge in [-0.1, -0.05) is 13.8 Å². The maximum atomic E-state index is 4.03. The van der Waals surface area contributed by atoms with Crippen molar-refractivity contribution in [1.29, 1.82) is 0 Å². The highest BCUT2D eigenvalue weighted by Crippen LogP contribution is 2.01. The average Bonchev–Trinajstić information content (AvgIpc) is 2.49. The van der Waals surface area contributed by atoms with Gasteiger partial charge in [0.15, 0.2) is 0 Å². The first-order valence-electron chi connectivity index (χ1n) is 3.52. The van der Waals surface area contributed by atoms with Crippen molar-refractivity contribution >= 4 is 6.21 Å². The minimum Gasteiger partial charge on any atom is -0.239 e. The molecule has 0 atom stereocenters. The Morgan fingerprint density at radius 2 is 2.30 bits per heavy atom. The molecule has 0 spiro atoms. The number of hydrogen-bond acceptors (Lipinski definition) is 2. The van der Waals surface area contributed by atoms with Gasteiger partial charge < -0.3 is 0 Å². The quantitative estimate of drug-likeness (QED) is 0.530. The molecule has 0 aliphatic carbocycles. The lowest BCUT2D eigenvalue weighted by Crippen LogP contribution is -1.85. The second-order valence-corrected chi connectivity index (χ2v) is 1.69. The molecule has 0 fully saturated rings. The third-order valence-corrected chi connectivity index (χ3v) is 1.18. The molecule has 1 aromatic heterocycles. The van der Waals surface area contributed by atoms with Gasteiger partial charge in [-0.05, 0) is 0 Å². The van der Waals surface area contributed by atoms with Crippen LogP contribution in [0.1, 0.15) is 19.7 Å². The molecule has 1 aliphatic rings. The second-order valence-electron chi connectivity index (χ2n) is 1.69. The van der Waals surface area contributed by atoms with E-state index in [1.165, 1.54) is 0 Å². The summed E-state index contributed by atoms with van der Waals surface area (Å²) >= 11 is 0. The maximum Gasteiger partial charge on any atom is 0.135 e. The van der Waals surface area contributed by atoms with E-state index < -0.39 is 0 Å². The monoisotopic (exact) mass is 137 g/mol. The van der Waals surface area contributed by atoms with Gasteiger partial charge in [0.1, 0.15) is 5.82 Å². The first-order chi connectivity index (χ1) is 4.97. The lowest BCUT2D eigenvalue weighted by atomic mass is 10.5. The Morgan fingerprint density at radius 1 is 1.50 bits per heavy atom. The summed E-state index contributed by atoms with van der Waals surface area (Å²) in [7, 11) is 0. The molecule has 0 N–H and O–H groups in total. The van der Waals surface area contributed by atoms with E-state index in [2.05, 4.69) is 10.1 Å². The Bertz CT molecular complexity index is 225. The molecular formula is C7H11N3. The largest absolute Gasteiger partial charge is 0.239 e. The van der Waals surface area contributed by atoms with Crippen LogP contribution in [0.4, 0.5) is 0 Å². The fraction of sp³-hybridized carbons (Fsp3) is 0.429. The highest BCUT2D eigenvalue weighted by Gasteiger charge is 2.02. The van der Waals surface area contributed by atoms with Crippen molar-refractivity contribution in [2.45, 2.75) is 20.3 Å². The van der Waals surface area contributed by atoms with E-state index in [0.29, 0.717) is 0 Å². The van der Waals surface area contributed by atoms with Crippen LogP contribution in [0.2, 0.25) is 0 Å². The Kier molecular flexibility index (Phi) is 2.20. The Morgan fingerprint density at radius 3 is 3.00 bits per heavy atom. The molecule has 1 aliphatic heterocycles. The molecule has 10 heavy (non-hydrogen) atoms. The molecule has 2 rings (SSSR count). The van der Waals surface area contributed by atoms with Crippen LogP contribution in [0, 0.1) is 0 Å². The average molecular weight is 137 g/mol. The summed E-state index contributed by atoms with van der Waals surface area (Å²) < 4.78 is 1.78. The molecule has 0 bridgehead atoms. The van der Waals surface area contributed by atoms with E-state index in [1.807, 2.05) is 26.3 Å². The SMILES string of the molecule is C1=Nn2ccnc2C1.CC. The van der Waals surface area contributed by atoms with Crippen LogP contribution in [0.15, 0.2) is 17.5 Å². The molecule has 54 valence electrons. The Balaban J connectivity index is 0.000000231. The molecule has 0 saturated carbocycles. The first kappa shape index (κ1) is 6.99. The van der Waals surface area contributed by atoms with Crippen molar-refractivity contribution in [2.75, 3.05) is 0 Å². The fourth-order valence-electron chi connectivity index (χ4n) is 0.790. The van der Waals surface area contributed by atoms with Gasteiger partial charge in [-0.3, -0.25) is 0 Å². The zero-order chi connectivity index (χ0) is 7.40. The van der Waals surface area contributed by atoms with Crippen LogP contribution in [0.25, 0.3) is 0 Å². The predicted octanol–water partition coefficient (Wildman–Crippen LogP) is 1.30. The molecular weight excluding hydrogens is 126 g/mol. The van der Waals surface area contributed by atoms with Crippen LogP contribution in [0.3, 0.4) is 0 Å². The van der Waals surface area contributed by atoms with Gasteiger partial charge >= 0.3 is 0 Å². The number of fused-ring (bicyclic) bond motifs is 1. The van der Waals surface area contributed by atoms with Crippen LogP contribution in [-0.4, -0.2) is 15.9 Å². The number of aromatic nitrogens is 2. The fourth-order valence-corrected chi connectivity index (χ4v) is 0.790.